The number of phenols is 1. The van der Waals surface area contributed by atoms with Gasteiger partial charge in [-0.15, -0.1) is 0 Å². The number of hydrogen-bond donors (Lipinski definition) is 2. The molecule has 1 aromatic heterocycles. The number of benzene rings is 1. The summed E-state index contributed by atoms with van der Waals surface area (Å²) in [7, 11) is 0. The van der Waals surface area contributed by atoms with Gasteiger partial charge in [0.25, 0.3) is 5.91 Å². The number of nitrogens with one attached hydrogen (secondary N) is 1. The molecule has 0 fully saturated rings. The molecule has 0 aliphatic carbocycles. The number of aromatic amines is 1. The number of hydrogen-bond acceptors (Lipinski definition) is 3. The van der Waals surface area contributed by atoms with Crippen LogP contribution in [0.25, 0.3) is 5.57 Å². The number of halogens is 1. The summed E-state index contributed by atoms with van der Waals surface area (Å²) in [5.74, 6) is 0.205. The van der Waals surface area contributed by atoms with Gasteiger partial charge in [0.1, 0.15) is 11.4 Å². The third kappa shape index (κ3) is 2.85. The summed E-state index contributed by atoms with van der Waals surface area (Å²) in [6, 6.07) is 7.14. The average molecular weight is 348 g/mol. The van der Waals surface area contributed by atoms with E-state index in [4.69, 9.17) is 0 Å². The van der Waals surface area contributed by atoms with Crippen LogP contribution in [0, 0.1) is 0 Å². The second-order valence-electron chi connectivity index (χ2n) is 4.87. The molecule has 5 nitrogen and oxygen atoms in total. The number of aromatic hydroxyl groups is 1. The summed E-state index contributed by atoms with van der Waals surface area (Å²) in [4.78, 5) is 14.1. The van der Waals surface area contributed by atoms with Crippen molar-refractivity contribution in [1.82, 2.24) is 15.1 Å². The van der Waals surface area contributed by atoms with E-state index < -0.39 is 0 Å². The number of carbonyl (C=O) groups excluding carboxylic acids is 1. The summed E-state index contributed by atoms with van der Waals surface area (Å²) in [5.41, 5.74) is 2.77. The van der Waals surface area contributed by atoms with Gasteiger partial charge in [-0.25, -0.2) is 0 Å². The fourth-order valence-corrected chi connectivity index (χ4v) is 2.73. The maximum Gasteiger partial charge on any atom is 0.273 e. The highest BCUT2D eigenvalue weighted by molar-refractivity contribution is 9.10. The van der Waals surface area contributed by atoms with Gasteiger partial charge in [0.15, 0.2) is 0 Å². The van der Waals surface area contributed by atoms with Crippen molar-refractivity contribution in [2.75, 3.05) is 13.1 Å². The first-order chi connectivity index (χ1) is 10.1. The fourth-order valence-electron chi connectivity index (χ4n) is 2.37. The van der Waals surface area contributed by atoms with Crippen LogP contribution in [0.4, 0.5) is 0 Å². The number of H-pyrrole nitrogens is 1. The van der Waals surface area contributed by atoms with Crippen LogP contribution in [0.1, 0.15) is 22.5 Å². The predicted molar refractivity (Wildman–Crippen MR) is 82.9 cm³/mol. The molecule has 0 spiro atoms. The quantitative estimate of drug-likeness (QED) is 0.877. The standard InChI is InChI=1S/C15H14BrN3O2/c16-13-9-17-18-14(13)15(21)19-7-5-11(6-8-19)10-1-3-12(20)4-2-10/h1-5,9,20H,6-8H2,(H,17,18). The van der Waals surface area contributed by atoms with E-state index >= 15 is 0 Å². The van der Waals surface area contributed by atoms with Gasteiger partial charge in [-0.2, -0.15) is 5.10 Å². The van der Waals surface area contributed by atoms with Crippen molar-refractivity contribution in [2.45, 2.75) is 6.42 Å². The van der Waals surface area contributed by atoms with Crippen LogP contribution in [-0.4, -0.2) is 39.2 Å². The summed E-state index contributed by atoms with van der Waals surface area (Å²) in [6.45, 7) is 1.23. The molecule has 1 amide bonds. The van der Waals surface area contributed by atoms with Gasteiger partial charge in [-0.3, -0.25) is 9.89 Å². The van der Waals surface area contributed by atoms with Crippen LogP contribution < -0.4 is 0 Å². The van der Waals surface area contributed by atoms with Crippen molar-refractivity contribution in [3.05, 3.63) is 52.3 Å². The van der Waals surface area contributed by atoms with Crippen molar-refractivity contribution < 1.29 is 9.90 Å². The predicted octanol–water partition coefficient (Wildman–Crippen LogP) is 2.81. The Hall–Kier alpha value is -2.08. The van der Waals surface area contributed by atoms with Crippen molar-refractivity contribution in [3.63, 3.8) is 0 Å². The lowest BCUT2D eigenvalue weighted by Gasteiger charge is -2.26. The van der Waals surface area contributed by atoms with Crippen LogP contribution >= 0.6 is 15.9 Å². The second kappa shape index (κ2) is 5.73. The van der Waals surface area contributed by atoms with E-state index in [2.05, 4.69) is 32.2 Å². The molecular formula is C15H14BrN3O2. The van der Waals surface area contributed by atoms with Crippen LogP contribution in [0.15, 0.2) is 41.0 Å². The van der Waals surface area contributed by atoms with E-state index in [0.717, 1.165) is 12.0 Å². The maximum atomic E-state index is 12.3. The molecule has 108 valence electrons. The Morgan fingerprint density at radius 2 is 2.10 bits per heavy atom. The molecule has 2 aromatic rings. The van der Waals surface area contributed by atoms with Crippen LogP contribution in [0.5, 0.6) is 5.75 Å². The third-order valence-corrected chi connectivity index (χ3v) is 4.14. The largest absolute Gasteiger partial charge is 0.508 e. The molecule has 0 radical (unpaired) electrons. The molecule has 0 saturated carbocycles. The Balaban J connectivity index is 1.73. The van der Waals surface area contributed by atoms with E-state index in [1.807, 2.05) is 12.1 Å². The van der Waals surface area contributed by atoms with Gasteiger partial charge in [0, 0.05) is 13.1 Å². The average Bonchev–Trinajstić information content (AvgIpc) is 2.94. The van der Waals surface area contributed by atoms with E-state index in [1.54, 1.807) is 23.2 Å². The van der Waals surface area contributed by atoms with E-state index in [9.17, 15) is 9.90 Å². The van der Waals surface area contributed by atoms with Crippen molar-refractivity contribution >= 4 is 27.4 Å². The summed E-state index contributed by atoms with van der Waals surface area (Å²) < 4.78 is 0.681. The lowest BCUT2D eigenvalue weighted by molar-refractivity contribution is 0.0766. The molecule has 21 heavy (non-hydrogen) atoms. The molecule has 1 aliphatic rings. The number of phenolic OH excluding ortho intramolecular Hbond substituents is 1. The zero-order chi connectivity index (χ0) is 14.8. The summed E-state index contributed by atoms with van der Waals surface area (Å²) in [6.07, 6.45) is 4.43. The minimum absolute atomic E-state index is 0.0552. The van der Waals surface area contributed by atoms with Crippen LogP contribution in [0.2, 0.25) is 0 Å². The zero-order valence-electron chi connectivity index (χ0n) is 11.2. The SMILES string of the molecule is O=C(c1[nH]ncc1Br)N1CC=C(c2ccc(O)cc2)CC1. The van der Waals surface area contributed by atoms with Gasteiger partial charge < -0.3 is 10.0 Å². The summed E-state index contributed by atoms with van der Waals surface area (Å²) in [5, 5.41) is 15.9. The lowest BCUT2D eigenvalue weighted by Crippen LogP contribution is -2.35. The van der Waals surface area contributed by atoms with Crippen molar-refractivity contribution in [2.24, 2.45) is 0 Å². The van der Waals surface area contributed by atoms with E-state index in [1.165, 1.54) is 5.57 Å². The highest BCUT2D eigenvalue weighted by Gasteiger charge is 2.22. The molecule has 0 bridgehead atoms. The van der Waals surface area contributed by atoms with Crippen molar-refractivity contribution in [1.29, 1.82) is 0 Å². The molecule has 0 atom stereocenters. The van der Waals surface area contributed by atoms with Gasteiger partial charge in [-0.05, 0) is 45.6 Å². The minimum Gasteiger partial charge on any atom is -0.508 e. The third-order valence-electron chi connectivity index (χ3n) is 3.54. The molecule has 1 aliphatic heterocycles. The first kappa shape index (κ1) is 13.9. The number of carbonyl (C=O) groups is 1. The Morgan fingerprint density at radius 1 is 1.33 bits per heavy atom. The monoisotopic (exact) mass is 347 g/mol. The molecule has 0 saturated heterocycles. The Kier molecular flexibility index (Phi) is 3.79. The molecular weight excluding hydrogens is 334 g/mol. The van der Waals surface area contributed by atoms with E-state index in [0.29, 0.717) is 23.3 Å². The topological polar surface area (TPSA) is 69.2 Å². The minimum atomic E-state index is -0.0552. The molecule has 0 unspecified atom stereocenters. The van der Waals surface area contributed by atoms with E-state index in [-0.39, 0.29) is 11.7 Å². The van der Waals surface area contributed by atoms with Gasteiger partial charge in [0.05, 0.1) is 10.7 Å². The number of amides is 1. The van der Waals surface area contributed by atoms with Crippen LogP contribution in [0.3, 0.4) is 0 Å². The molecule has 6 heteroatoms. The first-order valence-corrected chi connectivity index (χ1v) is 7.41. The molecule has 1 aromatic carbocycles. The van der Waals surface area contributed by atoms with Crippen LogP contribution in [-0.2, 0) is 0 Å². The molecule has 2 N–H and O–H groups in total. The highest BCUT2D eigenvalue weighted by atomic mass is 79.9. The first-order valence-electron chi connectivity index (χ1n) is 6.62. The van der Waals surface area contributed by atoms with Crippen molar-refractivity contribution in [3.8, 4) is 5.75 Å². The number of nitrogens with zero attached hydrogens (tertiary/aromatic N) is 2. The smallest absolute Gasteiger partial charge is 0.273 e. The lowest BCUT2D eigenvalue weighted by atomic mass is 9.99. The van der Waals surface area contributed by atoms with Gasteiger partial charge in [0.2, 0.25) is 0 Å². The zero-order valence-corrected chi connectivity index (χ0v) is 12.8. The van der Waals surface area contributed by atoms with Gasteiger partial charge in [-0.1, -0.05) is 18.2 Å². The normalized spacial score (nSPS) is 14.9. The molecule has 3 rings (SSSR count). The number of rotatable bonds is 2. The Morgan fingerprint density at radius 3 is 2.67 bits per heavy atom. The Labute approximate surface area is 130 Å². The molecule has 2 heterocycles. The fraction of sp³-hybridized carbons (Fsp3) is 0.200. The maximum absolute atomic E-state index is 12.3. The Bertz CT molecular complexity index is 691. The number of aromatic nitrogens is 2. The second-order valence-corrected chi connectivity index (χ2v) is 5.72. The van der Waals surface area contributed by atoms with Gasteiger partial charge >= 0.3 is 0 Å². The highest BCUT2D eigenvalue weighted by Crippen LogP contribution is 2.25. The summed E-state index contributed by atoms with van der Waals surface area (Å²) >= 11 is 3.31.